The normalized spacial score (nSPS) is 12.5. The molecule has 1 aromatic heterocycles. The second-order valence-electron chi connectivity index (χ2n) is 5.77. The van der Waals surface area contributed by atoms with Crippen LogP contribution >= 0.6 is 11.3 Å². The molecule has 21 heavy (non-hydrogen) atoms. The van der Waals surface area contributed by atoms with Crippen molar-refractivity contribution in [1.82, 2.24) is 5.32 Å². The summed E-state index contributed by atoms with van der Waals surface area (Å²) in [6, 6.07) is 11.6. The molecule has 0 aliphatic heterocycles. The zero-order valence-electron chi connectivity index (χ0n) is 13.5. The maximum Gasteiger partial charge on any atom is 0.0323 e. The highest BCUT2D eigenvalue weighted by atomic mass is 32.1. The van der Waals surface area contributed by atoms with Gasteiger partial charge < -0.3 is 5.32 Å². The van der Waals surface area contributed by atoms with Gasteiger partial charge in [-0.1, -0.05) is 31.2 Å². The number of benzene rings is 1. The van der Waals surface area contributed by atoms with Gasteiger partial charge in [0.15, 0.2) is 0 Å². The first kappa shape index (κ1) is 16.3. The third-order valence-electron chi connectivity index (χ3n) is 4.16. The standard InChI is InChI=1S/C19H27NS/c1-4-13-20-19(12-6-9-17-10-7-14-21-17)18-11-5-8-15(2)16(18)3/h5,7-8,10-11,14,19-20H,4,6,9,12-13H2,1-3H3. The Balaban J connectivity index is 2.01. The van der Waals surface area contributed by atoms with Crippen molar-refractivity contribution in [1.29, 1.82) is 0 Å². The summed E-state index contributed by atoms with van der Waals surface area (Å²) in [6.45, 7) is 7.79. The second-order valence-corrected chi connectivity index (χ2v) is 6.80. The molecular weight excluding hydrogens is 274 g/mol. The lowest BCUT2D eigenvalue weighted by atomic mass is 9.94. The molecule has 114 valence electrons. The van der Waals surface area contributed by atoms with E-state index in [1.54, 1.807) is 0 Å². The van der Waals surface area contributed by atoms with Crippen molar-refractivity contribution in [2.45, 2.75) is 52.5 Å². The summed E-state index contributed by atoms with van der Waals surface area (Å²) in [5.41, 5.74) is 4.32. The lowest BCUT2D eigenvalue weighted by Gasteiger charge is -2.22. The molecule has 0 aliphatic carbocycles. The summed E-state index contributed by atoms with van der Waals surface area (Å²) in [6.07, 6.45) is 4.84. The number of thiophene rings is 1. The van der Waals surface area contributed by atoms with E-state index >= 15 is 0 Å². The minimum atomic E-state index is 0.491. The van der Waals surface area contributed by atoms with Gasteiger partial charge in [0.05, 0.1) is 0 Å². The number of hydrogen-bond donors (Lipinski definition) is 1. The van der Waals surface area contributed by atoms with Crippen molar-refractivity contribution in [3.05, 3.63) is 57.3 Å². The smallest absolute Gasteiger partial charge is 0.0323 e. The molecule has 0 bridgehead atoms. The molecule has 2 rings (SSSR count). The van der Waals surface area contributed by atoms with Crippen LogP contribution in [0.5, 0.6) is 0 Å². The van der Waals surface area contributed by atoms with Crippen molar-refractivity contribution >= 4 is 11.3 Å². The summed E-state index contributed by atoms with van der Waals surface area (Å²) in [7, 11) is 0. The van der Waals surface area contributed by atoms with Gasteiger partial charge in [-0.2, -0.15) is 0 Å². The molecule has 1 N–H and O–H groups in total. The number of rotatable bonds is 8. The Hall–Kier alpha value is -1.12. The number of nitrogens with one attached hydrogen (secondary N) is 1. The molecule has 1 nitrogen and oxygen atoms in total. The summed E-state index contributed by atoms with van der Waals surface area (Å²) >= 11 is 1.87. The maximum atomic E-state index is 3.74. The highest BCUT2D eigenvalue weighted by Gasteiger charge is 2.13. The molecule has 0 fully saturated rings. The molecule has 1 heterocycles. The Kier molecular flexibility index (Phi) is 6.47. The van der Waals surface area contributed by atoms with E-state index in [2.05, 4.69) is 61.8 Å². The van der Waals surface area contributed by atoms with Gasteiger partial charge in [-0.15, -0.1) is 11.3 Å². The van der Waals surface area contributed by atoms with Crippen molar-refractivity contribution in [2.24, 2.45) is 0 Å². The molecule has 0 saturated heterocycles. The van der Waals surface area contributed by atoms with Crippen LogP contribution < -0.4 is 5.32 Å². The molecule has 2 heteroatoms. The lowest BCUT2D eigenvalue weighted by Crippen LogP contribution is -2.23. The van der Waals surface area contributed by atoms with Gasteiger partial charge in [0.25, 0.3) is 0 Å². The van der Waals surface area contributed by atoms with Crippen LogP contribution in [0.1, 0.15) is 53.8 Å². The summed E-state index contributed by atoms with van der Waals surface area (Å²) in [5, 5.41) is 5.91. The second kappa shape index (κ2) is 8.35. The third-order valence-corrected chi connectivity index (χ3v) is 5.09. The Bertz CT molecular complexity index is 531. The van der Waals surface area contributed by atoms with Crippen LogP contribution in [0.15, 0.2) is 35.7 Å². The van der Waals surface area contributed by atoms with Crippen LogP contribution in [-0.2, 0) is 6.42 Å². The van der Waals surface area contributed by atoms with E-state index in [9.17, 15) is 0 Å². The molecule has 0 spiro atoms. The van der Waals surface area contributed by atoms with E-state index in [1.807, 2.05) is 11.3 Å². The maximum absolute atomic E-state index is 3.74. The first-order chi connectivity index (χ1) is 10.2. The van der Waals surface area contributed by atoms with Crippen LogP contribution in [0.2, 0.25) is 0 Å². The monoisotopic (exact) mass is 301 g/mol. The molecule has 0 radical (unpaired) electrons. The number of aryl methyl sites for hydroxylation is 2. The van der Waals surface area contributed by atoms with E-state index in [0.717, 1.165) is 6.54 Å². The predicted molar refractivity (Wildman–Crippen MR) is 94.2 cm³/mol. The van der Waals surface area contributed by atoms with E-state index in [1.165, 1.54) is 47.3 Å². The Morgan fingerprint density at radius 3 is 2.71 bits per heavy atom. The average molecular weight is 301 g/mol. The van der Waals surface area contributed by atoms with E-state index < -0.39 is 0 Å². The van der Waals surface area contributed by atoms with Crippen LogP contribution in [0.4, 0.5) is 0 Å². The molecule has 1 atom stereocenters. The molecule has 1 unspecified atom stereocenters. The average Bonchev–Trinajstić information content (AvgIpc) is 2.99. The molecule has 1 aromatic carbocycles. The summed E-state index contributed by atoms with van der Waals surface area (Å²) in [5.74, 6) is 0. The molecule has 0 saturated carbocycles. The fourth-order valence-electron chi connectivity index (χ4n) is 2.77. The Labute approximate surface area is 133 Å². The highest BCUT2D eigenvalue weighted by Crippen LogP contribution is 2.25. The fourth-order valence-corrected chi connectivity index (χ4v) is 3.52. The van der Waals surface area contributed by atoms with Gasteiger partial charge in [0.2, 0.25) is 0 Å². The fraction of sp³-hybridized carbons (Fsp3) is 0.474. The van der Waals surface area contributed by atoms with Gasteiger partial charge in [0, 0.05) is 10.9 Å². The van der Waals surface area contributed by atoms with E-state index in [-0.39, 0.29) is 0 Å². The largest absolute Gasteiger partial charge is 0.310 e. The minimum absolute atomic E-state index is 0.491. The first-order valence-electron chi connectivity index (χ1n) is 8.04. The quantitative estimate of drug-likeness (QED) is 0.685. The van der Waals surface area contributed by atoms with Gasteiger partial charge in [-0.25, -0.2) is 0 Å². The summed E-state index contributed by atoms with van der Waals surface area (Å²) in [4.78, 5) is 1.50. The SMILES string of the molecule is CCCNC(CCCc1cccs1)c1cccc(C)c1C. The third kappa shape index (κ3) is 4.69. The van der Waals surface area contributed by atoms with Crippen molar-refractivity contribution in [3.8, 4) is 0 Å². The Morgan fingerprint density at radius 1 is 1.14 bits per heavy atom. The molecule has 0 aliphatic rings. The summed E-state index contributed by atoms with van der Waals surface area (Å²) < 4.78 is 0. The van der Waals surface area contributed by atoms with Crippen LogP contribution in [0, 0.1) is 13.8 Å². The van der Waals surface area contributed by atoms with Gasteiger partial charge in [-0.3, -0.25) is 0 Å². The van der Waals surface area contributed by atoms with Crippen LogP contribution in [0.3, 0.4) is 0 Å². The topological polar surface area (TPSA) is 12.0 Å². The zero-order chi connectivity index (χ0) is 15.1. The Morgan fingerprint density at radius 2 is 2.00 bits per heavy atom. The van der Waals surface area contributed by atoms with Crippen molar-refractivity contribution < 1.29 is 0 Å². The molecular formula is C19H27NS. The van der Waals surface area contributed by atoms with E-state index in [4.69, 9.17) is 0 Å². The zero-order valence-corrected chi connectivity index (χ0v) is 14.3. The van der Waals surface area contributed by atoms with Crippen molar-refractivity contribution in [2.75, 3.05) is 6.54 Å². The predicted octanol–water partition coefficient (Wildman–Crippen LogP) is 5.43. The van der Waals surface area contributed by atoms with E-state index in [0.29, 0.717) is 6.04 Å². The minimum Gasteiger partial charge on any atom is -0.310 e. The van der Waals surface area contributed by atoms with Gasteiger partial charge >= 0.3 is 0 Å². The van der Waals surface area contributed by atoms with Crippen LogP contribution in [-0.4, -0.2) is 6.54 Å². The van der Waals surface area contributed by atoms with Crippen LogP contribution in [0.25, 0.3) is 0 Å². The lowest BCUT2D eigenvalue weighted by molar-refractivity contribution is 0.483. The van der Waals surface area contributed by atoms with Gasteiger partial charge in [-0.05, 0) is 74.2 Å². The van der Waals surface area contributed by atoms with Gasteiger partial charge in [0.1, 0.15) is 0 Å². The highest BCUT2D eigenvalue weighted by molar-refractivity contribution is 7.09. The number of hydrogen-bond acceptors (Lipinski definition) is 2. The molecule has 2 aromatic rings. The molecule has 0 amide bonds. The van der Waals surface area contributed by atoms with Crippen molar-refractivity contribution in [3.63, 3.8) is 0 Å². The first-order valence-corrected chi connectivity index (χ1v) is 8.92.